The first kappa shape index (κ1) is 14.9. The van der Waals surface area contributed by atoms with Gasteiger partial charge in [-0.05, 0) is 37.5 Å². The first-order valence-electron chi connectivity index (χ1n) is 8.73. The average Bonchev–Trinajstić information content (AvgIpc) is 2.92. The Bertz CT molecular complexity index is 410. The Morgan fingerprint density at radius 2 is 1.95 bits per heavy atom. The number of hydrogen-bond acceptors (Lipinski definition) is 2. The van der Waals surface area contributed by atoms with Gasteiger partial charge in [-0.3, -0.25) is 9.59 Å². The second-order valence-corrected chi connectivity index (χ2v) is 7.25. The molecule has 3 aliphatic rings. The zero-order chi connectivity index (χ0) is 14.8. The quantitative estimate of drug-likeness (QED) is 0.801. The second-order valence-electron chi connectivity index (χ2n) is 7.25. The molecular weight excluding hydrogens is 264 g/mol. The Hall–Kier alpha value is -1.06. The molecule has 0 bridgehead atoms. The Labute approximate surface area is 127 Å². The molecule has 4 heteroatoms. The summed E-state index contributed by atoms with van der Waals surface area (Å²) in [7, 11) is 0. The number of carbonyl (C=O) groups is 2. The highest BCUT2D eigenvalue weighted by Gasteiger charge is 2.39. The van der Waals surface area contributed by atoms with E-state index in [1.165, 1.54) is 25.7 Å². The van der Waals surface area contributed by atoms with Crippen molar-refractivity contribution in [3.63, 3.8) is 0 Å². The van der Waals surface area contributed by atoms with Crippen LogP contribution in [-0.2, 0) is 9.59 Å². The minimum absolute atomic E-state index is 0.148. The number of fused-ring (bicyclic) bond motifs is 1. The molecule has 3 unspecified atom stereocenters. The molecule has 3 fully saturated rings. The molecule has 3 rings (SSSR count). The van der Waals surface area contributed by atoms with Crippen molar-refractivity contribution in [2.75, 3.05) is 19.6 Å². The van der Waals surface area contributed by atoms with E-state index in [-0.39, 0.29) is 17.9 Å². The van der Waals surface area contributed by atoms with Gasteiger partial charge in [0, 0.05) is 26.1 Å². The minimum atomic E-state index is -0.148. The van der Waals surface area contributed by atoms with E-state index < -0.39 is 0 Å². The first-order valence-corrected chi connectivity index (χ1v) is 8.73. The van der Waals surface area contributed by atoms with Crippen molar-refractivity contribution in [1.29, 1.82) is 0 Å². The van der Waals surface area contributed by atoms with Gasteiger partial charge in [-0.25, -0.2) is 0 Å². The maximum atomic E-state index is 12.6. The summed E-state index contributed by atoms with van der Waals surface area (Å²) >= 11 is 0. The maximum absolute atomic E-state index is 12.6. The van der Waals surface area contributed by atoms with E-state index in [0.717, 1.165) is 44.2 Å². The van der Waals surface area contributed by atoms with Crippen molar-refractivity contribution in [2.24, 2.45) is 11.8 Å². The summed E-state index contributed by atoms with van der Waals surface area (Å²) in [5.41, 5.74) is 0. The van der Waals surface area contributed by atoms with E-state index in [1.807, 2.05) is 9.80 Å². The summed E-state index contributed by atoms with van der Waals surface area (Å²) in [5, 5.41) is 0. The van der Waals surface area contributed by atoms with Gasteiger partial charge in [-0.15, -0.1) is 0 Å². The van der Waals surface area contributed by atoms with E-state index in [2.05, 4.69) is 6.92 Å². The molecule has 21 heavy (non-hydrogen) atoms. The van der Waals surface area contributed by atoms with Crippen molar-refractivity contribution in [3.8, 4) is 0 Å². The van der Waals surface area contributed by atoms with Crippen molar-refractivity contribution >= 4 is 11.8 Å². The van der Waals surface area contributed by atoms with Gasteiger partial charge in [0.15, 0.2) is 0 Å². The molecule has 0 N–H and O–H groups in total. The first-order chi connectivity index (χ1) is 10.1. The Balaban J connectivity index is 1.57. The van der Waals surface area contributed by atoms with Gasteiger partial charge in [0.05, 0.1) is 0 Å². The summed E-state index contributed by atoms with van der Waals surface area (Å²) in [6, 6.07) is -0.148. The molecule has 2 heterocycles. The van der Waals surface area contributed by atoms with E-state index in [4.69, 9.17) is 0 Å². The van der Waals surface area contributed by atoms with E-state index in [1.54, 1.807) is 0 Å². The third-order valence-corrected chi connectivity index (χ3v) is 5.62. The number of hydrogen-bond donors (Lipinski definition) is 0. The van der Waals surface area contributed by atoms with Crippen LogP contribution in [0.4, 0.5) is 0 Å². The predicted octanol–water partition coefficient (Wildman–Crippen LogP) is 2.43. The summed E-state index contributed by atoms with van der Waals surface area (Å²) in [4.78, 5) is 28.5. The van der Waals surface area contributed by atoms with Crippen molar-refractivity contribution in [3.05, 3.63) is 0 Å². The lowest BCUT2D eigenvalue weighted by Crippen LogP contribution is -2.44. The largest absolute Gasteiger partial charge is 0.340 e. The minimum Gasteiger partial charge on any atom is -0.340 e. The van der Waals surface area contributed by atoms with Crippen LogP contribution in [-0.4, -0.2) is 47.3 Å². The van der Waals surface area contributed by atoms with Gasteiger partial charge in [0.25, 0.3) is 0 Å². The summed E-state index contributed by atoms with van der Waals surface area (Å²) in [6.07, 6.45) is 8.83. The molecule has 2 saturated heterocycles. The Kier molecular flexibility index (Phi) is 4.51. The molecule has 118 valence electrons. The summed E-state index contributed by atoms with van der Waals surface area (Å²) < 4.78 is 0. The van der Waals surface area contributed by atoms with Crippen LogP contribution >= 0.6 is 0 Å². The highest BCUT2D eigenvalue weighted by Crippen LogP contribution is 2.31. The molecule has 1 saturated carbocycles. The fourth-order valence-electron chi connectivity index (χ4n) is 4.40. The number of rotatable bonds is 3. The summed E-state index contributed by atoms with van der Waals surface area (Å²) in [5.74, 6) is 2.01. The van der Waals surface area contributed by atoms with Gasteiger partial charge >= 0.3 is 0 Å². The van der Waals surface area contributed by atoms with Crippen molar-refractivity contribution in [2.45, 2.75) is 64.3 Å². The molecule has 3 atom stereocenters. The smallest absolute Gasteiger partial charge is 0.245 e. The van der Waals surface area contributed by atoms with Crippen LogP contribution in [0.3, 0.4) is 0 Å². The van der Waals surface area contributed by atoms with Crippen LogP contribution in [0.2, 0.25) is 0 Å². The molecule has 0 aromatic carbocycles. The number of carbonyl (C=O) groups excluding carboxylic acids is 2. The fourth-order valence-corrected chi connectivity index (χ4v) is 4.40. The van der Waals surface area contributed by atoms with E-state index in [0.29, 0.717) is 13.0 Å². The van der Waals surface area contributed by atoms with Crippen molar-refractivity contribution in [1.82, 2.24) is 9.80 Å². The molecular formula is C17H28N2O2. The second kappa shape index (κ2) is 6.37. The highest BCUT2D eigenvalue weighted by atomic mass is 16.2. The topological polar surface area (TPSA) is 40.6 Å². The lowest BCUT2D eigenvalue weighted by Gasteiger charge is -2.30. The van der Waals surface area contributed by atoms with E-state index >= 15 is 0 Å². The van der Waals surface area contributed by atoms with Gasteiger partial charge in [-0.1, -0.05) is 26.2 Å². The van der Waals surface area contributed by atoms with Crippen LogP contribution in [0.5, 0.6) is 0 Å². The van der Waals surface area contributed by atoms with Gasteiger partial charge < -0.3 is 9.80 Å². The SMILES string of the molecule is CC1CCCC(CCN2CCC(=O)N3CCCC3C2=O)C1. The van der Waals surface area contributed by atoms with Crippen LogP contribution in [0.1, 0.15) is 58.3 Å². The molecule has 0 aromatic rings. The zero-order valence-corrected chi connectivity index (χ0v) is 13.2. The van der Waals surface area contributed by atoms with Crippen molar-refractivity contribution < 1.29 is 9.59 Å². The number of nitrogens with zero attached hydrogens (tertiary/aromatic N) is 2. The third kappa shape index (κ3) is 3.24. The molecule has 2 amide bonds. The normalized spacial score (nSPS) is 34.0. The lowest BCUT2D eigenvalue weighted by molar-refractivity contribution is -0.139. The maximum Gasteiger partial charge on any atom is 0.245 e. The summed E-state index contributed by atoms with van der Waals surface area (Å²) in [6.45, 7) is 4.61. The molecule has 0 aromatic heterocycles. The Morgan fingerprint density at radius 3 is 2.76 bits per heavy atom. The fraction of sp³-hybridized carbons (Fsp3) is 0.882. The van der Waals surface area contributed by atoms with Crippen LogP contribution in [0.25, 0.3) is 0 Å². The van der Waals surface area contributed by atoms with Gasteiger partial charge in [-0.2, -0.15) is 0 Å². The zero-order valence-electron chi connectivity index (χ0n) is 13.2. The van der Waals surface area contributed by atoms with Gasteiger partial charge in [0.1, 0.15) is 6.04 Å². The third-order valence-electron chi connectivity index (χ3n) is 5.62. The lowest BCUT2D eigenvalue weighted by atomic mass is 9.81. The van der Waals surface area contributed by atoms with Crippen LogP contribution in [0, 0.1) is 11.8 Å². The highest BCUT2D eigenvalue weighted by molar-refractivity contribution is 5.90. The molecule has 1 aliphatic carbocycles. The molecule has 0 radical (unpaired) electrons. The van der Waals surface area contributed by atoms with E-state index in [9.17, 15) is 9.59 Å². The molecule has 0 spiro atoms. The predicted molar refractivity (Wildman–Crippen MR) is 81.7 cm³/mol. The van der Waals surface area contributed by atoms with Crippen LogP contribution < -0.4 is 0 Å². The molecule has 4 nitrogen and oxygen atoms in total. The standard InChI is InChI=1S/C17H28N2O2/c1-13-4-2-5-14(12-13)7-10-18-11-8-16(20)19-9-3-6-15(19)17(18)21/h13-15H,2-12H2,1H3. The van der Waals surface area contributed by atoms with Crippen LogP contribution in [0.15, 0.2) is 0 Å². The monoisotopic (exact) mass is 292 g/mol. The number of amides is 2. The van der Waals surface area contributed by atoms with Gasteiger partial charge in [0.2, 0.25) is 11.8 Å². The Morgan fingerprint density at radius 1 is 1.10 bits per heavy atom. The average molecular weight is 292 g/mol. The molecule has 2 aliphatic heterocycles.